The number of ketones is 1. The molecule has 0 saturated carbocycles. The van der Waals surface area contributed by atoms with Gasteiger partial charge in [0.2, 0.25) is 0 Å². The summed E-state index contributed by atoms with van der Waals surface area (Å²) >= 11 is 1.40. The van der Waals surface area contributed by atoms with Crippen LogP contribution in [0.5, 0.6) is 0 Å². The van der Waals surface area contributed by atoms with Crippen LogP contribution in [0.25, 0.3) is 16.1 Å². The molecule has 0 N–H and O–H groups in total. The normalized spacial score (nSPS) is 18.1. The van der Waals surface area contributed by atoms with E-state index in [0.717, 1.165) is 53.0 Å². The van der Waals surface area contributed by atoms with E-state index in [0.29, 0.717) is 30.0 Å². The standard InChI is InChI=1S/C29H35N3OS/c1-7-9-24-23(15-21(6)33)16-27-25(24)10-8-11-26(27)29-31-28(32-34-29)19(4)12-13-22(14-18(2)3)20(5)17-30/h8,10-13,18,23-24H,4,7,9,14-16H2,1-3,5-6H3/b13-12-,22-20-/t23-,24-/m1/s1. The fourth-order valence-corrected chi connectivity index (χ4v) is 5.67. The molecule has 0 saturated heterocycles. The number of fused-ring (bicyclic) bond motifs is 1. The number of carbonyl (C=O) groups is 1. The largest absolute Gasteiger partial charge is 0.300 e. The molecule has 1 aromatic carbocycles. The van der Waals surface area contributed by atoms with Gasteiger partial charge in [0.15, 0.2) is 5.82 Å². The molecule has 4 nitrogen and oxygen atoms in total. The number of aromatic nitrogens is 2. The minimum atomic E-state index is 0.263. The van der Waals surface area contributed by atoms with E-state index in [1.807, 2.05) is 19.1 Å². The highest BCUT2D eigenvalue weighted by Crippen LogP contribution is 2.46. The summed E-state index contributed by atoms with van der Waals surface area (Å²) in [6.45, 7) is 14.2. The highest BCUT2D eigenvalue weighted by atomic mass is 32.1. The number of hydrogen-bond donors (Lipinski definition) is 0. The fraction of sp³-hybridized carbons (Fsp3) is 0.448. The van der Waals surface area contributed by atoms with E-state index in [9.17, 15) is 10.1 Å². The molecule has 0 radical (unpaired) electrons. The molecule has 0 amide bonds. The maximum atomic E-state index is 11.9. The third-order valence-corrected chi connectivity index (χ3v) is 7.25. The zero-order valence-electron chi connectivity index (χ0n) is 21.0. The van der Waals surface area contributed by atoms with Crippen molar-refractivity contribution in [3.8, 4) is 16.6 Å². The monoisotopic (exact) mass is 473 g/mol. The Balaban J connectivity index is 1.87. The van der Waals surface area contributed by atoms with Gasteiger partial charge in [0.25, 0.3) is 0 Å². The lowest BCUT2D eigenvalue weighted by Crippen LogP contribution is -2.11. The fourth-order valence-electron chi connectivity index (χ4n) is 4.92. The van der Waals surface area contributed by atoms with Gasteiger partial charge in [-0.1, -0.05) is 64.1 Å². The number of nitrogens with zero attached hydrogens (tertiary/aromatic N) is 3. The molecule has 178 valence electrons. The van der Waals surface area contributed by atoms with Gasteiger partial charge in [-0.15, -0.1) is 0 Å². The molecule has 1 aliphatic rings. The molecule has 3 rings (SSSR count). The first-order valence-corrected chi connectivity index (χ1v) is 12.9. The Bertz CT molecular complexity index is 1160. The van der Waals surface area contributed by atoms with Crippen molar-refractivity contribution >= 4 is 22.9 Å². The first kappa shape index (κ1) is 25.8. The lowest BCUT2D eigenvalue weighted by atomic mass is 9.85. The molecule has 1 aromatic heterocycles. The number of hydrogen-bond acceptors (Lipinski definition) is 5. The Morgan fingerprint density at radius 3 is 2.74 bits per heavy atom. The predicted octanol–water partition coefficient (Wildman–Crippen LogP) is 7.70. The maximum absolute atomic E-state index is 11.9. The molecule has 1 aliphatic carbocycles. The van der Waals surface area contributed by atoms with Gasteiger partial charge >= 0.3 is 0 Å². The highest BCUT2D eigenvalue weighted by molar-refractivity contribution is 7.09. The molecular formula is C29H35N3OS. The van der Waals surface area contributed by atoms with Gasteiger partial charge in [0.05, 0.1) is 6.07 Å². The zero-order chi connectivity index (χ0) is 24.8. The third kappa shape index (κ3) is 5.98. The van der Waals surface area contributed by atoms with E-state index < -0.39 is 0 Å². The second kappa shape index (κ2) is 11.5. The lowest BCUT2D eigenvalue weighted by Gasteiger charge is -2.18. The molecule has 0 unspecified atom stereocenters. The third-order valence-electron chi connectivity index (χ3n) is 6.50. The molecule has 2 aromatic rings. The summed E-state index contributed by atoms with van der Waals surface area (Å²) in [5.41, 5.74) is 6.31. The SMILES string of the molecule is C=C(/C=C\C(CC(C)C)=C(/C)C#N)c1nsc(-c2cccc3c2C[C@@H](CC(C)=O)[C@H]3CCC)n1. The van der Waals surface area contributed by atoms with Crippen molar-refractivity contribution in [2.45, 2.75) is 72.6 Å². The van der Waals surface area contributed by atoms with Gasteiger partial charge in [-0.25, -0.2) is 4.98 Å². The summed E-state index contributed by atoms with van der Waals surface area (Å²) in [6.07, 6.45) is 8.50. The van der Waals surface area contributed by atoms with E-state index in [1.165, 1.54) is 22.7 Å². The topological polar surface area (TPSA) is 66.6 Å². The van der Waals surface area contributed by atoms with Crippen LogP contribution in [0, 0.1) is 23.2 Å². The van der Waals surface area contributed by atoms with Gasteiger partial charge in [-0.2, -0.15) is 9.64 Å². The van der Waals surface area contributed by atoms with Crippen molar-refractivity contribution in [2.75, 3.05) is 0 Å². The Morgan fingerprint density at radius 2 is 2.09 bits per heavy atom. The van der Waals surface area contributed by atoms with E-state index in [1.54, 1.807) is 6.92 Å². The summed E-state index contributed by atoms with van der Waals surface area (Å²) in [4.78, 5) is 16.7. The van der Waals surface area contributed by atoms with Crippen LogP contribution in [0.2, 0.25) is 0 Å². The molecule has 1 heterocycles. The van der Waals surface area contributed by atoms with E-state index in [4.69, 9.17) is 4.98 Å². The maximum Gasteiger partial charge on any atom is 0.172 e. The van der Waals surface area contributed by atoms with Crippen LogP contribution in [0.4, 0.5) is 0 Å². The molecule has 0 aliphatic heterocycles. The summed E-state index contributed by atoms with van der Waals surface area (Å²) in [5, 5.41) is 10.2. The molecule has 2 atom stereocenters. The average molecular weight is 474 g/mol. The minimum Gasteiger partial charge on any atom is -0.300 e. The van der Waals surface area contributed by atoms with Crippen LogP contribution in [-0.4, -0.2) is 15.1 Å². The summed E-state index contributed by atoms with van der Waals surface area (Å²) < 4.78 is 4.59. The van der Waals surface area contributed by atoms with Crippen molar-refractivity contribution in [2.24, 2.45) is 11.8 Å². The molecule has 34 heavy (non-hydrogen) atoms. The molecular weight excluding hydrogens is 438 g/mol. The number of Topliss-reactive ketones (excluding diaryl/α,β-unsaturated/α-hetero) is 1. The second-order valence-electron chi connectivity index (χ2n) is 9.78. The number of carbonyl (C=O) groups excluding carboxylic acids is 1. The quantitative estimate of drug-likeness (QED) is 0.262. The van der Waals surface area contributed by atoms with Crippen molar-refractivity contribution in [1.82, 2.24) is 9.36 Å². The molecule has 0 fully saturated rings. The number of allylic oxidation sites excluding steroid dienone is 5. The van der Waals surface area contributed by atoms with Crippen LogP contribution < -0.4 is 0 Å². The minimum absolute atomic E-state index is 0.263. The van der Waals surface area contributed by atoms with Gasteiger partial charge in [0.1, 0.15) is 10.8 Å². The average Bonchev–Trinajstić information content (AvgIpc) is 3.41. The molecule has 0 bridgehead atoms. The van der Waals surface area contributed by atoms with Gasteiger partial charge in [0, 0.05) is 23.1 Å². The zero-order valence-corrected chi connectivity index (χ0v) is 21.8. The number of benzene rings is 1. The van der Waals surface area contributed by atoms with Crippen LogP contribution in [0.15, 0.2) is 48.1 Å². The first-order valence-electron chi connectivity index (χ1n) is 12.2. The van der Waals surface area contributed by atoms with Crippen LogP contribution in [0.1, 0.15) is 83.2 Å². The van der Waals surface area contributed by atoms with Crippen LogP contribution in [0.3, 0.4) is 0 Å². The van der Waals surface area contributed by atoms with Crippen molar-refractivity contribution in [3.63, 3.8) is 0 Å². The van der Waals surface area contributed by atoms with Crippen molar-refractivity contribution < 1.29 is 4.79 Å². The van der Waals surface area contributed by atoms with Gasteiger partial charge < -0.3 is 4.79 Å². The Labute approximate surface area is 208 Å². The molecule has 5 heteroatoms. The number of nitriles is 1. The van der Waals surface area contributed by atoms with Crippen LogP contribution in [-0.2, 0) is 11.2 Å². The Kier molecular flexibility index (Phi) is 8.74. The Hall–Kier alpha value is -2.84. The van der Waals surface area contributed by atoms with E-state index in [-0.39, 0.29) is 5.78 Å². The van der Waals surface area contributed by atoms with E-state index in [2.05, 4.69) is 56.0 Å². The van der Waals surface area contributed by atoms with E-state index >= 15 is 0 Å². The van der Waals surface area contributed by atoms with Gasteiger partial charge in [-0.05, 0) is 79.1 Å². The van der Waals surface area contributed by atoms with Gasteiger partial charge in [-0.3, -0.25) is 0 Å². The predicted molar refractivity (Wildman–Crippen MR) is 141 cm³/mol. The van der Waals surface area contributed by atoms with Crippen molar-refractivity contribution in [3.05, 3.63) is 65.0 Å². The number of rotatable bonds is 10. The smallest absolute Gasteiger partial charge is 0.172 e. The summed E-state index contributed by atoms with van der Waals surface area (Å²) in [7, 11) is 0. The summed E-state index contributed by atoms with van der Waals surface area (Å²) in [6, 6.07) is 8.72. The van der Waals surface area contributed by atoms with Crippen molar-refractivity contribution in [1.29, 1.82) is 5.26 Å². The first-order chi connectivity index (χ1) is 16.2. The summed E-state index contributed by atoms with van der Waals surface area (Å²) in [5.74, 6) is 2.15. The second-order valence-corrected chi connectivity index (χ2v) is 10.5. The van der Waals surface area contributed by atoms with Crippen LogP contribution >= 0.6 is 11.5 Å². The highest BCUT2D eigenvalue weighted by Gasteiger charge is 2.34. The molecule has 0 spiro atoms. The lowest BCUT2D eigenvalue weighted by molar-refractivity contribution is -0.118. The Morgan fingerprint density at radius 1 is 1.32 bits per heavy atom.